The average Bonchev–Trinajstić information content (AvgIpc) is 2.87. The summed E-state index contributed by atoms with van der Waals surface area (Å²) in [7, 11) is -2.80. The summed E-state index contributed by atoms with van der Waals surface area (Å²) in [6.45, 7) is 1.94. The van der Waals surface area contributed by atoms with E-state index in [0.29, 0.717) is 12.0 Å². The van der Waals surface area contributed by atoms with E-state index in [1.54, 1.807) is 6.07 Å². The number of aromatic amines is 1. The molecule has 1 N–H and O–H groups in total. The topological polar surface area (TPSA) is 96.5 Å². The van der Waals surface area contributed by atoms with Crippen LogP contribution in [0.15, 0.2) is 88.6 Å². The number of nitrogens with one attached hydrogen (secondary N) is 1. The lowest BCUT2D eigenvalue weighted by Gasteiger charge is -2.23. The Labute approximate surface area is 204 Å². The summed E-state index contributed by atoms with van der Waals surface area (Å²) in [4.78, 5) is 27.7. The Kier molecular flexibility index (Phi) is 7.14. The molecule has 8 heteroatoms. The van der Waals surface area contributed by atoms with Crippen LogP contribution in [0.5, 0.6) is 0 Å². The minimum atomic E-state index is -4.04. The van der Waals surface area contributed by atoms with Gasteiger partial charge in [-0.25, -0.2) is 13.2 Å². The fraction of sp³-hybridized carbons (Fsp3) is 0.185. The number of aromatic nitrogens is 1. The summed E-state index contributed by atoms with van der Waals surface area (Å²) in [5.74, 6) is -0.626. The molecule has 0 unspecified atom stereocenters. The molecule has 0 bridgehead atoms. The second-order valence-corrected chi connectivity index (χ2v) is 10.2. The van der Waals surface area contributed by atoms with Crippen LogP contribution in [0.1, 0.15) is 27.0 Å². The minimum absolute atomic E-state index is 0.0403. The van der Waals surface area contributed by atoms with Gasteiger partial charge < -0.3 is 9.72 Å². The average molecular weight is 491 g/mol. The van der Waals surface area contributed by atoms with Crippen LogP contribution >= 0.6 is 0 Å². The first-order valence-electron chi connectivity index (χ1n) is 11.1. The van der Waals surface area contributed by atoms with E-state index in [9.17, 15) is 18.0 Å². The Balaban J connectivity index is 1.74. The van der Waals surface area contributed by atoms with Crippen molar-refractivity contribution in [3.05, 3.63) is 111 Å². The lowest BCUT2D eigenvalue weighted by Crippen LogP contribution is -2.34. The predicted octanol–water partition coefficient (Wildman–Crippen LogP) is 4.06. The van der Waals surface area contributed by atoms with Crippen LogP contribution in [-0.4, -0.2) is 37.3 Å². The van der Waals surface area contributed by atoms with Crippen molar-refractivity contribution in [3.63, 3.8) is 0 Å². The number of sulfonamides is 1. The van der Waals surface area contributed by atoms with Crippen LogP contribution in [0.3, 0.4) is 0 Å². The summed E-state index contributed by atoms with van der Waals surface area (Å²) < 4.78 is 33.4. The Hall–Kier alpha value is -3.75. The predicted molar refractivity (Wildman–Crippen MR) is 135 cm³/mol. The number of esters is 1. The van der Waals surface area contributed by atoms with Crippen molar-refractivity contribution >= 4 is 26.9 Å². The first-order chi connectivity index (χ1) is 16.8. The fourth-order valence-corrected chi connectivity index (χ4v) is 5.43. The second kappa shape index (κ2) is 10.2. The van der Waals surface area contributed by atoms with Crippen LogP contribution < -0.4 is 5.56 Å². The molecule has 35 heavy (non-hydrogen) atoms. The van der Waals surface area contributed by atoms with Crippen LogP contribution in [0, 0.1) is 6.92 Å². The van der Waals surface area contributed by atoms with E-state index >= 15 is 0 Å². The normalized spacial score (nSPS) is 11.6. The number of carbonyl (C=O) groups is 1. The molecule has 0 aliphatic rings. The van der Waals surface area contributed by atoms with Gasteiger partial charge in [0, 0.05) is 18.7 Å². The number of aryl methyl sites for hydroxylation is 1. The quantitative estimate of drug-likeness (QED) is 0.376. The van der Waals surface area contributed by atoms with E-state index in [4.69, 9.17) is 4.74 Å². The summed E-state index contributed by atoms with van der Waals surface area (Å²) >= 11 is 0. The number of rotatable bonds is 8. The first-order valence-corrected chi connectivity index (χ1v) is 12.6. The maximum absolute atomic E-state index is 13.7. The van der Waals surface area contributed by atoms with Crippen LogP contribution in [0.4, 0.5) is 0 Å². The van der Waals surface area contributed by atoms with Gasteiger partial charge in [-0.3, -0.25) is 4.79 Å². The molecule has 0 aliphatic heterocycles. The van der Waals surface area contributed by atoms with E-state index in [0.717, 1.165) is 22.0 Å². The lowest BCUT2D eigenvalue weighted by molar-refractivity contribution is 0.0600. The van der Waals surface area contributed by atoms with E-state index in [-0.39, 0.29) is 29.1 Å². The number of methoxy groups -OCH3 is 1. The molecule has 3 aromatic carbocycles. The van der Waals surface area contributed by atoms with E-state index < -0.39 is 16.0 Å². The summed E-state index contributed by atoms with van der Waals surface area (Å²) in [6.07, 6.45) is 0.460. The van der Waals surface area contributed by atoms with Crippen LogP contribution in [0.2, 0.25) is 0 Å². The van der Waals surface area contributed by atoms with Gasteiger partial charge in [0.2, 0.25) is 10.0 Å². The largest absolute Gasteiger partial charge is 0.465 e. The number of pyridine rings is 1. The van der Waals surface area contributed by atoms with Crippen molar-refractivity contribution in [1.29, 1.82) is 0 Å². The molecule has 7 nitrogen and oxygen atoms in total. The summed E-state index contributed by atoms with van der Waals surface area (Å²) in [5.41, 5.74) is 2.76. The highest BCUT2D eigenvalue weighted by molar-refractivity contribution is 7.89. The highest BCUT2D eigenvalue weighted by atomic mass is 32.2. The van der Waals surface area contributed by atoms with Crippen LogP contribution in [-0.2, 0) is 27.7 Å². The third-order valence-electron chi connectivity index (χ3n) is 5.90. The SMILES string of the molecule is COC(=O)c1cccc(S(=O)(=O)N(CCc2ccccc2)Cc2cc3cccc(C)c3[nH]c2=O)c1. The van der Waals surface area contributed by atoms with Gasteiger partial charge in [-0.2, -0.15) is 4.31 Å². The fourth-order valence-electron chi connectivity index (χ4n) is 3.97. The molecule has 0 radical (unpaired) electrons. The standard InChI is InChI=1S/C27H26N2O5S/c1-19-8-6-11-21-16-23(26(30)28-25(19)21)18-29(15-14-20-9-4-3-5-10-20)35(32,33)24-13-7-12-22(17-24)27(31)34-2/h3-13,16-17H,14-15,18H2,1-2H3,(H,28,30). The highest BCUT2D eigenvalue weighted by Crippen LogP contribution is 2.22. The smallest absolute Gasteiger partial charge is 0.337 e. The van der Waals surface area contributed by atoms with Crippen LogP contribution in [0.25, 0.3) is 10.9 Å². The molecule has 0 spiro atoms. The zero-order chi connectivity index (χ0) is 25.0. The Morgan fingerprint density at radius 3 is 2.46 bits per heavy atom. The molecule has 0 atom stereocenters. The molecular weight excluding hydrogens is 464 g/mol. The van der Waals surface area contributed by atoms with Crippen molar-refractivity contribution < 1.29 is 17.9 Å². The minimum Gasteiger partial charge on any atom is -0.465 e. The van der Waals surface area contributed by atoms with Gasteiger partial charge >= 0.3 is 5.97 Å². The summed E-state index contributed by atoms with van der Waals surface area (Å²) in [6, 6.07) is 22.7. The zero-order valence-corrected chi connectivity index (χ0v) is 20.3. The monoisotopic (exact) mass is 490 g/mol. The Morgan fingerprint density at radius 2 is 1.71 bits per heavy atom. The number of fused-ring (bicyclic) bond motifs is 1. The van der Waals surface area contributed by atoms with Gasteiger partial charge in [0.25, 0.3) is 5.56 Å². The molecule has 0 aliphatic carbocycles. The molecule has 0 amide bonds. The molecule has 0 saturated carbocycles. The van der Waals surface area contributed by atoms with E-state index in [2.05, 4.69) is 4.98 Å². The molecular formula is C27H26N2O5S. The third-order valence-corrected chi connectivity index (χ3v) is 7.74. The number of nitrogens with zero attached hydrogens (tertiary/aromatic N) is 1. The van der Waals surface area contributed by atoms with Crippen molar-refractivity contribution in [2.75, 3.05) is 13.7 Å². The number of hydrogen-bond acceptors (Lipinski definition) is 5. The molecule has 4 rings (SSSR count). The Bertz CT molecular complexity index is 1530. The maximum atomic E-state index is 13.7. The molecule has 0 fully saturated rings. The highest BCUT2D eigenvalue weighted by Gasteiger charge is 2.26. The Morgan fingerprint density at radius 1 is 0.971 bits per heavy atom. The molecule has 1 aromatic heterocycles. The number of H-pyrrole nitrogens is 1. The van der Waals surface area contributed by atoms with Gasteiger partial charge in [-0.1, -0.05) is 54.6 Å². The van der Waals surface area contributed by atoms with Crippen molar-refractivity contribution in [2.24, 2.45) is 0 Å². The van der Waals surface area contributed by atoms with Crippen molar-refractivity contribution in [1.82, 2.24) is 9.29 Å². The lowest BCUT2D eigenvalue weighted by atomic mass is 10.1. The number of para-hydroxylation sites is 1. The first kappa shape index (κ1) is 24.4. The van der Waals surface area contributed by atoms with Gasteiger partial charge in [0.05, 0.1) is 23.1 Å². The van der Waals surface area contributed by atoms with E-state index in [1.165, 1.54) is 35.7 Å². The molecule has 0 saturated heterocycles. The van der Waals surface area contributed by atoms with Gasteiger partial charge in [0.1, 0.15) is 0 Å². The number of carbonyl (C=O) groups excluding carboxylic acids is 1. The number of hydrogen-bond donors (Lipinski definition) is 1. The maximum Gasteiger partial charge on any atom is 0.337 e. The molecule has 1 heterocycles. The molecule has 180 valence electrons. The third kappa shape index (κ3) is 5.34. The zero-order valence-electron chi connectivity index (χ0n) is 19.5. The second-order valence-electron chi connectivity index (χ2n) is 8.26. The van der Waals surface area contributed by atoms with Gasteiger partial charge in [0.15, 0.2) is 0 Å². The number of benzene rings is 3. The van der Waals surface area contributed by atoms with Gasteiger partial charge in [-0.15, -0.1) is 0 Å². The van der Waals surface area contributed by atoms with Crippen molar-refractivity contribution in [2.45, 2.75) is 24.8 Å². The van der Waals surface area contributed by atoms with Crippen molar-refractivity contribution in [3.8, 4) is 0 Å². The number of ether oxygens (including phenoxy) is 1. The molecule has 4 aromatic rings. The van der Waals surface area contributed by atoms with Gasteiger partial charge in [-0.05, 0) is 54.1 Å². The van der Waals surface area contributed by atoms with E-state index in [1.807, 2.05) is 55.5 Å². The summed E-state index contributed by atoms with van der Waals surface area (Å²) in [5, 5.41) is 0.827.